The van der Waals surface area contributed by atoms with Crippen LogP contribution in [0.3, 0.4) is 0 Å². The predicted molar refractivity (Wildman–Crippen MR) is 111 cm³/mol. The highest BCUT2D eigenvalue weighted by molar-refractivity contribution is 7.09. The van der Waals surface area contributed by atoms with E-state index in [0.717, 1.165) is 38.6 Å². The Hall–Kier alpha value is -2.48. The van der Waals surface area contributed by atoms with Gasteiger partial charge in [-0.1, -0.05) is 13.8 Å². The number of nitrogens with zero attached hydrogens (tertiary/aromatic N) is 4. The molecule has 0 aromatic carbocycles. The molecule has 0 aliphatic carbocycles. The predicted octanol–water partition coefficient (Wildman–Crippen LogP) is 3.42. The molecule has 0 radical (unpaired) electrons. The standard InChI is InChI=1S/C20H27N5O2S/c1-11(2)20-23-14(10-28-20)9-21-16(26)8-7-15-12(3)17-18(22-13(15)4)25(5)24-19(17)27-6/h10-11H,7-9H2,1-6H3,(H,21,26). The number of methoxy groups -OCH3 is 1. The van der Waals surface area contributed by atoms with Gasteiger partial charge in [0.1, 0.15) is 0 Å². The third-order valence-electron chi connectivity index (χ3n) is 4.85. The smallest absolute Gasteiger partial charge is 0.242 e. The second-order valence-electron chi connectivity index (χ2n) is 7.24. The topological polar surface area (TPSA) is 81.9 Å². The zero-order chi connectivity index (χ0) is 20.4. The molecule has 150 valence electrons. The van der Waals surface area contributed by atoms with Crippen molar-refractivity contribution in [2.75, 3.05) is 7.11 Å². The van der Waals surface area contributed by atoms with Gasteiger partial charge in [-0.15, -0.1) is 16.4 Å². The van der Waals surface area contributed by atoms with Crippen LogP contribution in [0.5, 0.6) is 5.88 Å². The van der Waals surface area contributed by atoms with Gasteiger partial charge in [-0.2, -0.15) is 0 Å². The van der Waals surface area contributed by atoms with Gasteiger partial charge in [-0.25, -0.2) is 14.6 Å². The molecule has 1 amide bonds. The van der Waals surface area contributed by atoms with Crippen LogP contribution in [0.1, 0.15) is 53.7 Å². The molecule has 0 aliphatic heterocycles. The highest BCUT2D eigenvalue weighted by atomic mass is 32.1. The van der Waals surface area contributed by atoms with Gasteiger partial charge < -0.3 is 10.1 Å². The number of hydrogen-bond donors (Lipinski definition) is 1. The van der Waals surface area contributed by atoms with Crippen molar-refractivity contribution in [2.45, 2.75) is 53.0 Å². The summed E-state index contributed by atoms with van der Waals surface area (Å²) < 4.78 is 7.12. The number of rotatable bonds is 7. The number of nitrogens with one attached hydrogen (secondary N) is 1. The zero-order valence-electron chi connectivity index (χ0n) is 17.3. The highest BCUT2D eigenvalue weighted by Gasteiger charge is 2.18. The zero-order valence-corrected chi connectivity index (χ0v) is 18.1. The van der Waals surface area contributed by atoms with E-state index < -0.39 is 0 Å². The number of pyridine rings is 1. The second-order valence-corrected chi connectivity index (χ2v) is 8.13. The summed E-state index contributed by atoms with van der Waals surface area (Å²) in [4.78, 5) is 21.6. The summed E-state index contributed by atoms with van der Waals surface area (Å²) in [7, 11) is 3.46. The number of aryl methyl sites for hydroxylation is 3. The van der Waals surface area contributed by atoms with Crippen molar-refractivity contribution in [3.8, 4) is 5.88 Å². The molecule has 0 saturated heterocycles. The maximum Gasteiger partial charge on any atom is 0.242 e. The third-order valence-corrected chi connectivity index (χ3v) is 6.04. The SMILES string of the molecule is COc1nn(C)c2nc(C)c(CCC(=O)NCc3csc(C(C)C)n3)c(C)c12. The van der Waals surface area contributed by atoms with Crippen molar-refractivity contribution in [2.24, 2.45) is 7.05 Å². The normalized spacial score (nSPS) is 11.4. The van der Waals surface area contributed by atoms with Crippen LogP contribution >= 0.6 is 11.3 Å². The second kappa shape index (κ2) is 8.26. The average Bonchev–Trinajstić information content (AvgIpc) is 3.25. The quantitative estimate of drug-likeness (QED) is 0.656. The van der Waals surface area contributed by atoms with Gasteiger partial charge in [0.05, 0.1) is 29.7 Å². The Bertz CT molecular complexity index is 1010. The van der Waals surface area contributed by atoms with Crippen molar-refractivity contribution in [3.63, 3.8) is 0 Å². The lowest BCUT2D eigenvalue weighted by atomic mass is 10.00. The molecular formula is C20H27N5O2S. The molecule has 0 spiro atoms. The van der Waals surface area contributed by atoms with Crippen LogP contribution in [-0.2, 0) is 24.8 Å². The Balaban J connectivity index is 1.68. The van der Waals surface area contributed by atoms with Gasteiger partial charge in [-0.3, -0.25) is 4.79 Å². The van der Waals surface area contributed by atoms with E-state index >= 15 is 0 Å². The fourth-order valence-electron chi connectivity index (χ4n) is 3.29. The summed E-state index contributed by atoms with van der Waals surface area (Å²) in [5.74, 6) is 0.987. The number of hydrogen-bond acceptors (Lipinski definition) is 6. The van der Waals surface area contributed by atoms with Gasteiger partial charge in [0.25, 0.3) is 0 Å². The van der Waals surface area contributed by atoms with E-state index in [2.05, 4.69) is 34.2 Å². The number of fused-ring (bicyclic) bond motifs is 1. The van der Waals surface area contributed by atoms with E-state index in [1.165, 1.54) is 0 Å². The lowest BCUT2D eigenvalue weighted by Gasteiger charge is -2.11. The molecule has 0 fully saturated rings. The molecule has 0 aliphatic rings. The van der Waals surface area contributed by atoms with E-state index in [9.17, 15) is 4.79 Å². The first kappa shape index (κ1) is 20.3. The fourth-order valence-corrected chi connectivity index (χ4v) is 4.13. The molecule has 3 aromatic heterocycles. The first-order valence-corrected chi connectivity index (χ1v) is 10.3. The number of carbonyl (C=O) groups excluding carboxylic acids is 1. The minimum absolute atomic E-state index is 0.0103. The maximum atomic E-state index is 12.3. The van der Waals surface area contributed by atoms with Gasteiger partial charge >= 0.3 is 0 Å². The summed E-state index contributed by atoms with van der Waals surface area (Å²) >= 11 is 1.64. The molecule has 0 atom stereocenters. The molecule has 8 heteroatoms. The van der Waals surface area contributed by atoms with Gasteiger partial charge in [-0.05, 0) is 31.4 Å². The third kappa shape index (κ3) is 4.01. The summed E-state index contributed by atoms with van der Waals surface area (Å²) in [6.07, 6.45) is 1.03. The summed E-state index contributed by atoms with van der Waals surface area (Å²) in [6, 6.07) is 0. The van der Waals surface area contributed by atoms with Crippen molar-refractivity contribution in [3.05, 3.63) is 32.9 Å². The van der Waals surface area contributed by atoms with Crippen molar-refractivity contribution < 1.29 is 9.53 Å². The fraction of sp³-hybridized carbons (Fsp3) is 0.500. The Morgan fingerprint density at radius 1 is 1.32 bits per heavy atom. The molecule has 0 unspecified atom stereocenters. The van der Waals surface area contributed by atoms with Crippen LogP contribution in [0.15, 0.2) is 5.38 Å². The molecule has 28 heavy (non-hydrogen) atoms. The van der Waals surface area contributed by atoms with Crippen LogP contribution in [0.4, 0.5) is 0 Å². The largest absolute Gasteiger partial charge is 0.479 e. The Labute approximate surface area is 169 Å². The molecule has 3 rings (SSSR count). The average molecular weight is 402 g/mol. The Morgan fingerprint density at radius 2 is 2.07 bits per heavy atom. The lowest BCUT2D eigenvalue weighted by Crippen LogP contribution is -2.23. The first-order valence-electron chi connectivity index (χ1n) is 9.39. The van der Waals surface area contributed by atoms with Crippen molar-refractivity contribution in [1.29, 1.82) is 0 Å². The molecule has 1 N–H and O–H groups in total. The van der Waals surface area contributed by atoms with Gasteiger partial charge in [0.15, 0.2) is 5.65 Å². The van der Waals surface area contributed by atoms with Crippen molar-refractivity contribution in [1.82, 2.24) is 25.1 Å². The number of aromatic nitrogens is 4. The van der Waals surface area contributed by atoms with Crippen molar-refractivity contribution >= 4 is 28.3 Å². The molecule has 0 bridgehead atoms. The lowest BCUT2D eigenvalue weighted by molar-refractivity contribution is -0.121. The number of thiazole rings is 1. The molecular weight excluding hydrogens is 374 g/mol. The number of carbonyl (C=O) groups is 1. The van der Waals surface area contributed by atoms with E-state index in [0.29, 0.717) is 31.2 Å². The van der Waals surface area contributed by atoms with Gasteiger partial charge in [0, 0.05) is 30.5 Å². The molecule has 0 saturated carbocycles. The number of amides is 1. The van der Waals surface area contributed by atoms with Crippen LogP contribution in [0.2, 0.25) is 0 Å². The van der Waals surface area contributed by atoms with Crippen LogP contribution < -0.4 is 10.1 Å². The summed E-state index contributed by atoms with van der Waals surface area (Å²) in [6.45, 7) is 8.72. The minimum Gasteiger partial charge on any atom is -0.479 e. The summed E-state index contributed by atoms with van der Waals surface area (Å²) in [5.41, 5.74) is 4.78. The molecule has 3 heterocycles. The van der Waals surface area contributed by atoms with E-state index in [1.807, 2.05) is 26.3 Å². The minimum atomic E-state index is 0.0103. The monoisotopic (exact) mass is 401 g/mol. The molecule has 7 nitrogen and oxygen atoms in total. The van der Waals surface area contributed by atoms with Crippen LogP contribution in [-0.4, -0.2) is 32.8 Å². The molecule has 3 aromatic rings. The number of ether oxygens (including phenoxy) is 1. The maximum absolute atomic E-state index is 12.3. The first-order chi connectivity index (χ1) is 13.3. The van der Waals surface area contributed by atoms with E-state index in [4.69, 9.17) is 4.74 Å². The Kier molecular flexibility index (Phi) is 5.98. The van der Waals surface area contributed by atoms with E-state index in [-0.39, 0.29) is 5.91 Å². The van der Waals surface area contributed by atoms with E-state index in [1.54, 1.807) is 23.1 Å². The van der Waals surface area contributed by atoms with Gasteiger partial charge in [0.2, 0.25) is 11.8 Å². The van der Waals surface area contributed by atoms with Crippen LogP contribution in [0.25, 0.3) is 11.0 Å². The summed E-state index contributed by atoms with van der Waals surface area (Å²) in [5, 5.41) is 11.4. The van der Waals surface area contributed by atoms with Crippen LogP contribution in [0, 0.1) is 13.8 Å². The highest BCUT2D eigenvalue weighted by Crippen LogP contribution is 2.30. The Morgan fingerprint density at radius 3 is 2.71 bits per heavy atom.